The Kier molecular flexibility index (Phi) is 4.04. The molecule has 0 aliphatic heterocycles. The van der Waals surface area contributed by atoms with Gasteiger partial charge >= 0.3 is 0 Å². The molecule has 0 saturated carbocycles. The van der Waals surface area contributed by atoms with E-state index in [1.165, 1.54) is 18.3 Å². The van der Waals surface area contributed by atoms with Crippen LogP contribution in [-0.2, 0) is 0 Å². The van der Waals surface area contributed by atoms with E-state index in [0.717, 1.165) is 18.2 Å². The van der Waals surface area contributed by atoms with Crippen molar-refractivity contribution in [3.8, 4) is 0 Å². The molecule has 2 rings (SSSR count). The minimum atomic E-state index is -0.801. The molecule has 20 heavy (non-hydrogen) atoms. The molecule has 1 aromatic heterocycles. The highest BCUT2D eigenvalue weighted by molar-refractivity contribution is 9.10. The highest BCUT2D eigenvalue weighted by Crippen LogP contribution is 2.20. The molecular formula is C12H7BrFN3O3. The van der Waals surface area contributed by atoms with Crippen molar-refractivity contribution in [3.05, 3.63) is 62.6 Å². The molecule has 1 amide bonds. The summed E-state index contributed by atoms with van der Waals surface area (Å²) in [6.45, 7) is 0. The molecule has 0 atom stereocenters. The fraction of sp³-hybridized carbons (Fsp3) is 0. The number of nitro benzene ring substituents is 1. The number of hydrogen-bond donors (Lipinski definition) is 1. The Labute approximate surface area is 120 Å². The minimum absolute atomic E-state index is 0.00892. The third-order valence-corrected chi connectivity index (χ3v) is 2.77. The lowest BCUT2D eigenvalue weighted by Gasteiger charge is -2.05. The van der Waals surface area contributed by atoms with E-state index in [2.05, 4.69) is 26.2 Å². The number of carbonyl (C=O) groups excluding carboxylic acids is 1. The van der Waals surface area contributed by atoms with Crippen LogP contribution in [0.1, 0.15) is 10.4 Å². The summed E-state index contributed by atoms with van der Waals surface area (Å²) < 4.78 is 13.7. The van der Waals surface area contributed by atoms with Gasteiger partial charge in [0.15, 0.2) is 0 Å². The number of amides is 1. The predicted molar refractivity (Wildman–Crippen MR) is 72.9 cm³/mol. The van der Waals surface area contributed by atoms with Crippen LogP contribution in [0, 0.1) is 15.9 Å². The van der Waals surface area contributed by atoms with Gasteiger partial charge in [0.2, 0.25) is 0 Å². The van der Waals surface area contributed by atoms with Gasteiger partial charge in [0, 0.05) is 17.8 Å². The van der Waals surface area contributed by atoms with E-state index < -0.39 is 22.3 Å². The first kappa shape index (κ1) is 14.1. The Morgan fingerprint density at radius 3 is 2.75 bits per heavy atom. The summed E-state index contributed by atoms with van der Waals surface area (Å²) in [5.41, 5.74) is -0.135. The normalized spacial score (nSPS) is 10.1. The summed E-state index contributed by atoms with van der Waals surface area (Å²) in [6, 6.07) is 5.80. The lowest BCUT2D eigenvalue weighted by molar-refractivity contribution is -0.385. The Hall–Kier alpha value is -2.35. The van der Waals surface area contributed by atoms with Gasteiger partial charge in [-0.15, -0.1) is 0 Å². The van der Waals surface area contributed by atoms with Gasteiger partial charge in [-0.3, -0.25) is 14.9 Å². The second kappa shape index (κ2) is 5.74. The summed E-state index contributed by atoms with van der Waals surface area (Å²) in [6.07, 6.45) is 1.42. The molecule has 0 spiro atoms. The van der Waals surface area contributed by atoms with Crippen molar-refractivity contribution < 1.29 is 14.1 Å². The number of aromatic nitrogens is 1. The zero-order valence-electron chi connectivity index (χ0n) is 9.84. The Morgan fingerprint density at radius 2 is 2.10 bits per heavy atom. The SMILES string of the molecule is O=C(Nc1cc(F)cc([N+](=O)[O-])c1)c1ccnc(Br)c1. The molecule has 0 aliphatic rings. The van der Waals surface area contributed by atoms with Crippen LogP contribution >= 0.6 is 15.9 Å². The number of carbonyl (C=O) groups is 1. The molecule has 0 aliphatic carbocycles. The van der Waals surface area contributed by atoms with Gasteiger partial charge in [-0.1, -0.05) is 0 Å². The number of nitrogens with zero attached hydrogens (tertiary/aromatic N) is 2. The van der Waals surface area contributed by atoms with Crippen molar-refractivity contribution >= 4 is 33.2 Å². The Balaban J connectivity index is 2.26. The molecular weight excluding hydrogens is 333 g/mol. The van der Waals surface area contributed by atoms with Crippen LogP contribution in [0.15, 0.2) is 41.1 Å². The third kappa shape index (κ3) is 3.35. The number of nitro groups is 1. The van der Waals surface area contributed by atoms with Crippen molar-refractivity contribution in [1.82, 2.24) is 4.98 Å². The smallest absolute Gasteiger partial charge is 0.274 e. The lowest BCUT2D eigenvalue weighted by Crippen LogP contribution is -2.12. The maximum atomic E-state index is 13.2. The number of pyridine rings is 1. The van der Waals surface area contributed by atoms with Gasteiger partial charge in [0.05, 0.1) is 16.7 Å². The number of non-ortho nitro benzene ring substituents is 1. The average Bonchev–Trinajstić information content (AvgIpc) is 2.37. The van der Waals surface area contributed by atoms with Gasteiger partial charge in [0.25, 0.3) is 11.6 Å². The van der Waals surface area contributed by atoms with E-state index in [9.17, 15) is 19.3 Å². The topological polar surface area (TPSA) is 85.1 Å². The van der Waals surface area contributed by atoms with E-state index in [1.54, 1.807) is 0 Å². The highest BCUT2D eigenvalue weighted by atomic mass is 79.9. The molecule has 8 heteroatoms. The zero-order valence-corrected chi connectivity index (χ0v) is 11.4. The van der Waals surface area contributed by atoms with Crippen LogP contribution in [0.4, 0.5) is 15.8 Å². The maximum absolute atomic E-state index is 13.2. The summed E-state index contributed by atoms with van der Waals surface area (Å²) in [5.74, 6) is -1.32. The highest BCUT2D eigenvalue weighted by Gasteiger charge is 2.13. The van der Waals surface area contributed by atoms with E-state index >= 15 is 0 Å². The number of halogens is 2. The molecule has 0 saturated heterocycles. The largest absolute Gasteiger partial charge is 0.322 e. The number of benzene rings is 1. The van der Waals surface area contributed by atoms with Crippen LogP contribution < -0.4 is 5.32 Å². The molecule has 1 heterocycles. The fourth-order valence-corrected chi connectivity index (χ4v) is 1.86. The molecule has 0 radical (unpaired) electrons. The molecule has 2 aromatic rings. The number of rotatable bonds is 3. The van der Waals surface area contributed by atoms with Gasteiger partial charge in [-0.05, 0) is 34.1 Å². The number of nitrogens with one attached hydrogen (secondary N) is 1. The second-order valence-corrected chi connectivity index (χ2v) is 4.59. The third-order valence-electron chi connectivity index (χ3n) is 2.34. The van der Waals surface area contributed by atoms with E-state index in [1.807, 2.05) is 0 Å². The first-order valence-corrected chi connectivity index (χ1v) is 6.13. The summed E-state index contributed by atoms with van der Waals surface area (Å²) in [7, 11) is 0. The van der Waals surface area contributed by atoms with Crippen LogP contribution in [0.25, 0.3) is 0 Å². The second-order valence-electron chi connectivity index (χ2n) is 3.78. The molecule has 0 unspecified atom stereocenters. The lowest BCUT2D eigenvalue weighted by atomic mass is 10.2. The van der Waals surface area contributed by atoms with Gasteiger partial charge in [-0.2, -0.15) is 0 Å². The van der Waals surface area contributed by atoms with Crippen molar-refractivity contribution in [2.24, 2.45) is 0 Å². The van der Waals surface area contributed by atoms with E-state index in [4.69, 9.17) is 0 Å². The average molecular weight is 340 g/mol. The molecule has 6 nitrogen and oxygen atoms in total. The van der Waals surface area contributed by atoms with Crippen LogP contribution in [-0.4, -0.2) is 15.8 Å². The number of hydrogen-bond acceptors (Lipinski definition) is 4. The molecule has 0 fully saturated rings. The van der Waals surface area contributed by atoms with E-state index in [0.29, 0.717) is 10.2 Å². The first-order chi connectivity index (χ1) is 9.45. The zero-order chi connectivity index (χ0) is 14.7. The molecule has 102 valence electrons. The van der Waals surface area contributed by atoms with Crippen molar-refractivity contribution in [2.75, 3.05) is 5.32 Å². The van der Waals surface area contributed by atoms with Crippen LogP contribution in [0.3, 0.4) is 0 Å². The maximum Gasteiger partial charge on any atom is 0.274 e. The van der Waals surface area contributed by atoms with Gasteiger partial charge < -0.3 is 5.32 Å². The Morgan fingerprint density at radius 1 is 1.35 bits per heavy atom. The van der Waals surface area contributed by atoms with Crippen molar-refractivity contribution in [2.45, 2.75) is 0 Å². The quantitative estimate of drug-likeness (QED) is 0.528. The van der Waals surface area contributed by atoms with Crippen molar-refractivity contribution in [3.63, 3.8) is 0 Å². The molecule has 0 bridgehead atoms. The Bertz CT molecular complexity index is 693. The van der Waals surface area contributed by atoms with Gasteiger partial charge in [-0.25, -0.2) is 9.37 Å². The predicted octanol–water partition coefficient (Wildman–Crippen LogP) is 3.14. The first-order valence-electron chi connectivity index (χ1n) is 5.33. The minimum Gasteiger partial charge on any atom is -0.322 e. The molecule has 1 aromatic carbocycles. The summed E-state index contributed by atoms with van der Waals surface area (Å²) in [5, 5.41) is 13.0. The monoisotopic (exact) mass is 339 g/mol. The number of anilines is 1. The fourth-order valence-electron chi connectivity index (χ4n) is 1.50. The summed E-state index contributed by atoms with van der Waals surface area (Å²) >= 11 is 3.12. The van der Waals surface area contributed by atoms with Crippen LogP contribution in [0.5, 0.6) is 0 Å². The van der Waals surface area contributed by atoms with Crippen LogP contribution in [0.2, 0.25) is 0 Å². The molecule has 1 N–H and O–H groups in total. The van der Waals surface area contributed by atoms with Crippen molar-refractivity contribution in [1.29, 1.82) is 0 Å². The van der Waals surface area contributed by atoms with E-state index in [-0.39, 0.29) is 5.69 Å². The standard InChI is InChI=1S/C12H7BrFN3O3/c13-11-3-7(1-2-15-11)12(18)16-9-4-8(14)5-10(6-9)17(19)20/h1-6H,(H,16,18). The summed E-state index contributed by atoms with van der Waals surface area (Å²) in [4.78, 5) is 25.7. The van der Waals surface area contributed by atoms with Gasteiger partial charge in [0.1, 0.15) is 10.4 Å².